The van der Waals surface area contributed by atoms with Crippen LogP contribution >= 0.6 is 51.3 Å². The van der Waals surface area contributed by atoms with Gasteiger partial charge in [0.05, 0.1) is 15.7 Å². The van der Waals surface area contributed by atoms with Crippen molar-refractivity contribution in [3.05, 3.63) is 56.2 Å². The second-order valence-corrected chi connectivity index (χ2v) is 5.96. The first-order valence-electron chi connectivity index (χ1n) is 5.40. The Morgan fingerprint density at radius 2 is 1.90 bits per heavy atom. The average Bonchev–Trinajstić information content (AvgIpc) is 2.39. The molecule has 0 fully saturated rings. The van der Waals surface area contributed by atoms with Gasteiger partial charge in [0.15, 0.2) is 0 Å². The van der Waals surface area contributed by atoms with E-state index in [1.54, 1.807) is 18.2 Å². The fourth-order valence-corrected chi connectivity index (χ4v) is 2.56. The van der Waals surface area contributed by atoms with Crippen molar-refractivity contribution in [3.8, 4) is 0 Å². The highest BCUT2D eigenvalue weighted by atomic mass is 79.9. The Morgan fingerprint density at radius 3 is 2.50 bits per heavy atom. The summed E-state index contributed by atoms with van der Waals surface area (Å²) in [6.45, 7) is 0. The molecule has 0 amide bonds. The van der Waals surface area contributed by atoms with Crippen molar-refractivity contribution in [1.29, 1.82) is 0 Å². The monoisotopic (exact) mass is 392 g/mol. The van der Waals surface area contributed by atoms with Crippen molar-refractivity contribution >= 4 is 67.7 Å². The Labute approximate surface area is 139 Å². The first-order chi connectivity index (χ1) is 9.40. The minimum Gasteiger partial charge on any atom is -0.389 e. The normalized spacial score (nSPS) is 10.4. The van der Waals surface area contributed by atoms with Crippen molar-refractivity contribution in [1.82, 2.24) is 0 Å². The Bertz CT molecular complexity index is 694. The molecule has 0 radical (unpaired) electrons. The molecule has 2 aromatic carbocycles. The minimum absolute atomic E-state index is 0.0127. The van der Waals surface area contributed by atoms with Crippen LogP contribution in [0, 0.1) is 5.82 Å². The molecular weight excluding hydrogens is 386 g/mol. The second-order valence-electron chi connectivity index (χ2n) is 3.91. The van der Waals surface area contributed by atoms with E-state index in [-0.39, 0.29) is 10.6 Å². The third kappa shape index (κ3) is 3.23. The summed E-state index contributed by atoms with van der Waals surface area (Å²) in [6, 6.07) is 7.94. The molecule has 20 heavy (non-hydrogen) atoms. The third-order valence-corrected chi connectivity index (χ3v) is 4.54. The summed E-state index contributed by atoms with van der Waals surface area (Å²) >= 11 is 20.2. The summed E-state index contributed by atoms with van der Waals surface area (Å²) in [5.74, 6) is -0.498. The molecule has 0 aliphatic heterocycles. The smallest absolute Gasteiger partial charge is 0.135 e. The van der Waals surface area contributed by atoms with E-state index in [0.29, 0.717) is 25.9 Å². The zero-order valence-electron chi connectivity index (χ0n) is 9.88. The van der Waals surface area contributed by atoms with E-state index >= 15 is 0 Å². The Balaban J connectivity index is 2.34. The lowest BCUT2D eigenvalue weighted by atomic mass is 10.2. The number of rotatable bonds is 3. The van der Waals surface area contributed by atoms with Crippen LogP contribution < -0.4 is 11.1 Å². The van der Waals surface area contributed by atoms with Crippen LogP contribution in [-0.2, 0) is 0 Å². The molecule has 0 aliphatic carbocycles. The number of hydrogen-bond acceptors (Lipinski definition) is 2. The lowest BCUT2D eigenvalue weighted by Crippen LogP contribution is -2.11. The highest BCUT2D eigenvalue weighted by Crippen LogP contribution is 2.37. The average molecular weight is 394 g/mol. The minimum atomic E-state index is -0.498. The lowest BCUT2D eigenvalue weighted by Gasteiger charge is -2.11. The van der Waals surface area contributed by atoms with E-state index in [1.165, 1.54) is 12.1 Å². The van der Waals surface area contributed by atoms with Crippen LogP contribution in [0.4, 0.5) is 15.8 Å². The van der Waals surface area contributed by atoms with Crippen LogP contribution in [0.2, 0.25) is 10.0 Å². The highest BCUT2D eigenvalue weighted by Gasteiger charge is 2.10. The molecule has 0 unspecified atom stereocenters. The van der Waals surface area contributed by atoms with Gasteiger partial charge in [-0.25, -0.2) is 4.39 Å². The lowest BCUT2D eigenvalue weighted by molar-refractivity contribution is 0.626. The van der Waals surface area contributed by atoms with Gasteiger partial charge in [-0.2, -0.15) is 0 Å². The van der Waals surface area contributed by atoms with Gasteiger partial charge in [0, 0.05) is 15.7 Å². The van der Waals surface area contributed by atoms with E-state index < -0.39 is 5.82 Å². The van der Waals surface area contributed by atoms with Gasteiger partial charge in [-0.15, -0.1) is 0 Å². The van der Waals surface area contributed by atoms with E-state index in [9.17, 15) is 4.39 Å². The maximum Gasteiger partial charge on any atom is 0.135 e. The van der Waals surface area contributed by atoms with Crippen LogP contribution in [0.25, 0.3) is 0 Å². The van der Waals surface area contributed by atoms with Crippen molar-refractivity contribution in [2.24, 2.45) is 5.73 Å². The van der Waals surface area contributed by atoms with Crippen LogP contribution in [0.1, 0.15) is 5.56 Å². The molecule has 0 atom stereocenters. The molecule has 7 heteroatoms. The molecule has 2 rings (SSSR count). The molecule has 2 nitrogen and oxygen atoms in total. The van der Waals surface area contributed by atoms with E-state index in [1.807, 2.05) is 0 Å². The standard InChI is InChI=1S/C13H8BrCl2FN2S/c14-8-3-4-10(12(16)11(8)15)19-6-1-2-7(13(18)20)9(17)5-6/h1-5,19H,(H2,18,20). The molecule has 0 bridgehead atoms. The largest absolute Gasteiger partial charge is 0.389 e. The first kappa shape index (κ1) is 15.5. The first-order valence-corrected chi connectivity index (χ1v) is 7.35. The maximum atomic E-state index is 13.8. The van der Waals surface area contributed by atoms with Crippen molar-refractivity contribution in [2.75, 3.05) is 5.32 Å². The molecular formula is C13H8BrCl2FN2S. The Kier molecular flexibility index (Phi) is 4.86. The van der Waals surface area contributed by atoms with Crippen LogP contribution in [0.5, 0.6) is 0 Å². The number of hydrogen-bond donors (Lipinski definition) is 2. The van der Waals surface area contributed by atoms with E-state index in [2.05, 4.69) is 21.2 Å². The number of benzene rings is 2. The van der Waals surface area contributed by atoms with Gasteiger partial charge >= 0.3 is 0 Å². The molecule has 104 valence electrons. The zero-order valence-corrected chi connectivity index (χ0v) is 13.8. The Morgan fingerprint density at radius 1 is 1.20 bits per heavy atom. The van der Waals surface area contributed by atoms with Gasteiger partial charge in [0.2, 0.25) is 0 Å². The number of halogens is 4. The summed E-state index contributed by atoms with van der Waals surface area (Å²) < 4.78 is 14.5. The number of nitrogens with one attached hydrogen (secondary N) is 1. The van der Waals surface area contributed by atoms with Gasteiger partial charge in [-0.05, 0) is 46.3 Å². The molecule has 0 aromatic heterocycles. The molecule has 0 saturated carbocycles. The molecule has 0 spiro atoms. The summed E-state index contributed by atoms with van der Waals surface area (Å²) in [6.07, 6.45) is 0. The van der Waals surface area contributed by atoms with Crippen LogP contribution in [0.15, 0.2) is 34.8 Å². The molecule has 0 heterocycles. The summed E-state index contributed by atoms with van der Waals surface area (Å²) in [5, 5.41) is 3.72. The summed E-state index contributed by atoms with van der Waals surface area (Å²) in [4.78, 5) is 0.0127. The van der Waals surface area contributed by atoms with Gasteiger partial charge in [-0.1, -0.05) is 35.4 Å². The van der Waals surface area contributed by atoms with Crippen molar-refractivity contribution in [3.63, 3.8) is 0 Å². The van der Waals surface area contributed by atoms with Crippen molar-refractivity contribution in [2.45, 2.75) is 0 Å². The Hall–Kier alpha value is -0.880. The molecule has 0 aliphatic rings. The molecule has 0 saturated heterocycles. The molecule has 2 aromatic rings. The fourth-order valence-electron chi connectivity index (χ4n) is 1.57. The van der Waals surface area contributed by atoms with Gasteiger partial charge in [0.25, 0.3) is 0 Å². The quantitative estimate of drug-likeness (QED) is 0.550. The number of thiocarbonyl (C=S) groups is 1. The summed E-state index contributed by atoms with van der Waals surface area (Å²) in [5.41, 5.74) is 6.69. The van der Waals surface area contributed by atoms with Crippen molar-refractivity contribution < 1.29 is 4.39 Å². The number of nitrogens with two attached hydrogens (primary N) is 1. The van der Waals surface area contributed by atoms with E-state index in [0.717, 1.165) is 0 Å². The fraction of sp³-hybridized carbons (Fsp3) is 0. The van der Waals surface area contributed by atoms with Gasteiger partial charge < -0.3 is 11.1 Å². The predicted octanol–water partition coefficient (Wildman–Crippen LogP) is 5.27. The third-order valence-electron chi connectivity index (χ3n) is 2.55. The SMILES string of the molecule is NC(=S)c1ccc(Nc2ccc(Br)c(Cl)c2Cl)cc1F. The van der Waals surface area contributed by atoms with Gasteiger partial charge in [0.1, 0.15) is 10.8 Å². The van der Waals surface area contributed by atoms with Crippen LogP contribution in [-0.4, -0.2) is 4.99 Å². The maximum absolute atomic E-state index is 13.8. The zero-order chi connectivity index (χ0) is 14.9. The second kappa shape index (κ2) is 6.26. The topological polar surface area (TPSA) is 38.0 Å². The van der Waals surface area contributed by atoms with Crippen LogP contribution in [0.3, 0.4) is 0 Å². The van der Waals surface area contributed by atoms with E-state index in [4.69, 9.17) is 41.2 Å². The summed E-state index contributed by atoms with van der Waals surface area (Å²) in [7, 11) is 0. The molecule has 3 N–H and O–H groups in total. The van der Waals surface area contributed by atoms with Gasteiger partial charge in [-0.3, -0.25) is 0 Å². The number of anilines is 2. The predicted molar refractivity (Wildman–Crippen MR) is 89.7 cm³/mol. The highest BCUT2D eigenvalue weighted by molar-refractivity contribution is 9.10.